The largest absolute Gasteiger partial charge is 0.480 e. The van der Waals surface area contributed by atoms with Gasteiger partial charge in [0.05, 0.1) is 0 Å². The molecule has 1 unspecified atom stereocenters. The molecular weight excluding hydrogens is 468 g/mol. The summed E-state index contributed by atoms with van der Waals surface area (Å²) >= 11 is 7.02. The molecule has 1 aliphatic carbocycles. The van der Waals surface area contributed by atoms with Crippen molar-refractivity contribution in [3.63, 3.8) is 0 Å². The van der Waals surface area contributed by atoms with Gasteiger partial charge in [-0.05, 0) is 61.2 Å². The zero-order valence-corrected chi connectivity index (χ0v) is 19.5. The van der Waals surface area contributed by atoms with Crippen LogP contribution in [0.15, 0.2) is 70.9 Å². The average Bonchev–Trinajstić information content (AvgIpc) is 3.15. The number of thiophene rings is 1. The molecule has 168 valence electrons. The molecule has 0 aliphatic heterocycles. The predicted molar refractivity (Wildman–Crippen MR) is 126 cm³/mol. The van der Waals surface area contributed by atoms with Gasteiger partial charge in [-0.25, -0.2) is 8.42 Å². The van der Waals surface area contributed by atoms with E-state index in [1.807, 2.05) is 42.5 Å². The quantitative estimate of drug-likeness (QED) is 0.415. The molecule has 4 rings (SSSR count). The van der Waals surface area contributed by atoms with Gasteiger partial charge in [-0.2, -0.15) is 4.72 Å². The maximum Gasteiger partial charge on any atom is 0.325 e. The van der Waals surface area contributed by atoms with Gasteiger partial charge in [-0.3, -0.25) is 4.79 Å². The van der Waals surface area contributed by atoms with Crippen molar-refractivity contribution in [2.24, 2.45) is 5.73 Å². The van der Waals surface area contributed by atoms with E-state index in [2.05, 4.69) is 4.72 Å². The van der Waals surface area contributed by atoms with Crippen LogP contribution in [0.4, 0.5) is 0 Å². The van der Waals surface area contributed by atoms with Crippen LogP contribution in [-0.2, 0) is 20.2 Å². The van der Waals surface area contributed by atoms with Crippen molar-refractivity contribution < 1.29 is 18.3 Å². The normalized spacial score (nSPS) is 22.6. The van der Waals surface area contributed by atoms with Gasteiger partial charge < -0.3 is 10.8 Å². The molecule has 0 radical (unpaired) electrons. The summed E-state index contributed by atoms with van der Waals surface area (Å²) < 4.78 is 29.2. The molecule has 4 N–H and O–H groups in total. The fraction of sp³-hybridized carbons (Fsp3) is 0.261. The standard InChI is InChI=1S/C23H23ClN2O4S2/c24-18-9-7-16(8-10-18)19-11-12-20(31-19)32(29,30)26-23(21(27)28)15-22(23,13-4-14-25)17-5-2-1-3-6-17/h1-3,5-12,26H,4,13-15,25H2,(H,27,28)/t22-,23?/m0/s1. The van der Waals surface area contributed by atoms with Crippen LogP contribution in [0.3, 0.4) is 0 Å². The van der Waals surface area contributed by atoms with E-state index in [-0.39, 0.29) is 10.6 Å². The van der Waals surface area contributed by atoms with Gasteiger partial charge in [0.15, 0.2) is 0 Å². The maximum atomic E-state index is 13.3. The van der Waals surface area contributed by atoms with Gasteiger partial charge in [0.2, 0.25) is 0 Å². The Morgan fingerprint density at radius 3 is 2.41 bits per heavy atom. The maximum absolute atomic E-state index is 13.3. The number of benzene rings is 2. The number of hydrogen-bond donors (Lipinski definition) is 3. The summed E-state index contributed by atoms with van der Waals surface area (Å²) in [6, 6.07) is 19.5. The zero-order chi connectivity index (χ0) is 23.0. The summed E-state index contributed by atoms with van der Waals surface area (Å²) in [4.78, 5) is 13.2. The van der Waals surface area contributed by atoms with E-state index in [1.54, 1.807) is 18.2 Å². The Morgan fingerprint density at radius 2 is 1.78 bits per heavy atom. The van der Waals surface area contributed by atoms with Crippen molar-refractivity contribution in [2.45, 2.75) is 34.4 Å². The minimum absolute atomic E-state index is 0.0655. The number of carboxylic acids is 1. The lowest BCUT2D eigenvalue weighted by Gasteiger charge is -2.24. The number of rotatable bonds is 9. The molecule has 1 aromatic heterocycles. The molecular formula is C23H23ClN2O4S2. The molecule has 1 fully saturated rings. The zero-order valence-electron chi connectivity index (χ0n) is 17.1. The second kappa shape index (κ2) is 8.61. The van der Waals surface area contributed by atoms with E-state index in [1.165, 1.54) is 6.07 Å². The van der Waals surface area contributed by atoms with Gasteiger partial charge in [0.1, 0.15) is 9.75 Å². The van der Waals surface area contributed by atoms with E-state index in [4.69, 9.17) is 17.3 Å². The molecule has 6 nitrogen and oxygen atoms in total. The van der Waals surface area contributed by atoms with E-state index in [0.29, 0.717) is 24.4 Å². The third-order valence-corrected chi connectivity index (χ3v) is 9.41. The number of hydrogen-bond acceptors (Lipinski definition) is 5. The highest BCUT2D eigenvalue weighted by molar-refractivity contribution is 7.91. The van der Waals surface area contributed by atoms with Gasteiger partial charge in [-0.1, -0.05) is 54.1 Å². The summed E-state index contributed by atoms with van der Waals surface area (Å²) in [7, 11) is -4.07. The number of nitrogens with two attached hydrogens (primary N) is 1. The van der Waals surface area contributed by atoms with Crippen molar-refractivity contribution in [1.29, 1.82) is 0 Å². The summed E-state index contributed by atoms with van der Waals surface area (Å²) in [6.45, 7) is 0.395. The molecule has 9 heteroatoms. The second-order valence-electron chi connectivity index (χ2n) is 7.96. The molecule has 0 bridgehead atoms. The number of halogens is 1. The fourth-order valence-corrected chi connectivity index (χ4v) is 7.20. The van der Waals surface area contributed by atoms with Crippen molar-refractivity contribution >= 4 is 38.9 Å². The smallest absolute Gasteiger partial charge is 0.325 e. The van der Waals surface area contributed by atoms with E-state index >= 15 is 0 Å². The first kappa shape index (κ1) is 22.9. The topological polar surface area (TPSA) is 109 Å². The molecule has 1 heterocycles. The highest BCUT2D eigenvalue weighted by Crippen LogP contribution is 2.61. The Bertz CT molecular complexity index is 1230. The molecule has 1 saturated carbocycles. The van der Waals surface area contributed by atoms with E-state index < -0.39 is 26.9 Å². The molecule has 3 aromatic rings. The van der Waals surface area contributed by atoms with Crippen LogP contribution >= 0.6 is 22.9 Å². The number of carbonyl (C=O) groups is 1. The van der Waals surface area contributed by atoms with E-state index in [0.717, 1.165) is 27.3 Å². The van der Waals surface area contributed by atoms with Crippen molar-refractivity contribution in [3.05, 3.63) is 77.3 Å². The third kappa shape index (κ3) is 3.97. The summed E-state index contributed by atoms with van der Waals surface area (Å²) in [6.07, 6.45) is 1.24. The first-order chi connectivity index (χ1) is 15.2. The molecule has 1 aliphatic rings. The fourth-order valence-electron chi connectivity index (χ4n) is 4.34. The average molecular weight is 491 g/mol. The molecule has 2 atom stereocenters. The minimum Gasteiger partial charge on any atom is -0.480 e. The second-order valence-corrected chi connectivity index (χ2v) is 11.4. The molecule has 2 aromatic carbocycles. The Hall–Kier alpha value is -2.23. The lowest BCUT2D eigenvalue weighted by molar-refractivity contribution is -0.140. The van der Waals surface area contributed by atoms with Crippen molar-refractivity contribution in [2.75, 3.05) is 6.54 Å². The first-order valence-corrected chi connectivity index (χ1v) is 12.8. The van der Waals surface area contributed by atoms with Gasteiger partial charge >= 0.3 is 5.97 Å². The van der Waals surface area contributed by atoms with Gasteiger partial charge in [-0.15, -0.1) is 11.3 Å². The minimum atomic E-state index is -4.07. The van der Waals surface area contributed by atoms with Crippen LogP contribution in [-0.4, -0.2) is 31.6 Å². The Morgan fingerprint density at radius 1 is 1.09 bits per heavy atom. The van der Waals surface area contributed by atoms with Crippen LogP contribution in [0.2, 0.25) is 5.02 Å². The third-order valence-electron chi connectivity index (χ3n) is 6.04. The number of nitrogens with one attached hydrogen (secondary N) is 1. The molecule has 32 heavy (non-hydrogen) atoms. The van der Waals surface area contributed by atoms with Crippen molar-refractivity contribution in [3.8, 4) is 10.4 Å². The molecule has 0 saturated heterocycles. The van der Waals surface area contributed by atoms with Crippen molar-refractivity contribution in [1.82, 2.24) is 4.72 Å². The summed E-state index contributed by atoms with van der Waals surface area (Å²) in [5.41, 5.74) is 4.87. The molecule has 0 amide bonds. The van der Waals surface area contributed by atoms with Gasteiger partial charge in [0, 0.05) is 15.3 Å². The van der Waals surface area contributed by atoms with Crippen LogP contribution in [0.5, 0.6) is 0 Å². The number of carboxylic acid groups (broad SMARTS) is 1. The van der Waals surface area contributed by atoms with E-state index in [9.17, 15) is 18.3 Å². The summed E-state index contributed by atoms with van der Waals surface area (Å²) in [5, 5.41) is 10.7. The Labute approximate surface area is 196 Å². The molecule has 0 spiro atoms. The highest BCUT2D eigenvalue weighted by atomic mass is 35.5. The van der Waals surface area contributed by atoms with Crippen LogP contribution in [0.25, 0.3) is 10.4 Å². The van der Waals surface area contributed by atoms with Crippen LogP contribution in [0.1, 0.15) is 24.8 Å². The highest BCUT2D eigenvalue weighted by Gasteiger charge is 2.74. The summed E-state index contributed by atoms with van der Waals surface area (Å²) in [5.74, 6) is -1.18. The number of aliphatic carboxylic acids is 1. The van der Waals surface area contributed by atoms with Crippen LogP contribution in [0, 0.1) is 0 Å². The van der Waals surface area contributed by atoms with Gasteiger partial charge in [0.25, 0.3) is 10.0 Å². The lowest BCUT2D eigenvalue weighted by atomic mass is 9.86. The lowest BCUT2D eigenvalue weighted by Crippen LogP contribution is -2.48. The van der Waals surface area contributed by atoms with Crippen LogP contribution < -0.4 is 10.5 Å². The Kier molecular flexibility index (Phi) is 6.17. The first-order valence-electron chi connectivity index (χ1n) is 10.1. The number of sulfonamides is 1. The SMILES string of the molecule is NCCC[C@@]1(c2ccccc2)CC1(NS(=O)(=O)c1ccc(-c2ccc(Cl)cc2)s1)C(=O)O. The monoisotopic (exact) mass is 490 g/mol. The Balaban J connectivity index is 1.67. The predicted octanol–water partition coefficient (Wildman–Crippen LogP) is 4.25.